The third-order valence-corrected chi connectivity index (χ3v) is 6.24. The molecule has 0 aromatic carbocycles. The number of likely N-dealkylation sites (tertiary alicyclic amines) is 2. The molecule has 0 aliphatic carbocycles. The number of hydrogen-bond acceptors (Lipinski definition) is 7. The molecule has 2 aliphatic heterocycles. The molecule has 8 N–H and O–H groups in total. The molecule has 4 unspecified atom stereocenters. The second-order valence-corrected chi connectivity index (χ2v) is 8.67. The van der Waals surface area contributed by atoms with E-state index in [-0.39, 0.29) is 12.8 Å². The van der Waals surface area contributed by atoms with Crippen molar-refractivity contribution in [3.8, 4) is 0 Å². The number of amides is 4. The van der Waals surface area contributed by atoms with Gasteiger partial charge in [-0.2, -0.15) is 0 Å². The molecule has 12 heteroatoms. The Hall–Kier alpha value is -2.73. The molecule has 4 atom stereocenters. The van der Waals surface area contributed by atoms with Crippen molar-refractivity contribution < 1.29 is 29.1 Å². The number of nitrogens with one attached hydrogen (secondary N) is 1. The van der Waals surface area contributed by atoms with Crippen LogP contribution in [0.15, 0.2) is 0 Å². The first-order chi connectivity index (χ1) is 15.7. The van der Waals surface area contributed by atoms with E-state index in [0.717, 1.165) is 0 Å². The van der Waals surface area contributed by atoms with Crippen LogP contribution in [0.1, 0.15) is 57.8 Å². The minimum Gasteiger partial charge on any atom is -0.480 e. The Morgan fingerprint density at radius 1 is 0.939 bits per heavy atom. The Morgan fingerprint density at radius 3 is 2.12 bits per heavy atom. The van der Waals surface area contributed by atoms with Gasteiger partial charge in [0, 0.05) is 19.5 Å². The van der Waals surface area contributed by atoms with Gasteiger partial charge in [0.05, 0.1) is 6.04 Å². The third-order valence-electron chi connectivity index (χ3n) is 6.24. The zero-order chi connectivity index (χ0) is 24.5. The number of carbonyl (C=O) groups excluding carboxylic acids is 4. The van der Waals surface area contributed by atoms with Crippen LogP contribution in [0.3, 0.4) is 0 Å². The second kappa shape index (κ2) is 12.5. The van der Waals surface area contributed by atoms with Crippen molar-refractivity contribution >= 4 is 29.6 Å². The molecular formula is C21H36N6O6. The zero-order valence-electron chi connectivity index (χ0n) is 18.9. The number of unbranched alkanes of at least 4 members (excludes halogenated alkanes) is 1. The lowest BCUT2D eigenvalue weighted by Gasteiger charge is -2.30. The summed E-state index contributed by atoms with van der Waals surface area (Å²) < 4.78 is 0. The highest BCUT2D eigenvalue weighted by atomic mass is 16.4. The molecule has 0 bridgehead atoms. The summed E-state index contributed by atoms with van der Waals surface area (Å²) in [6.07, 6.45) is 3.61. The summed E-state index contributed by atoms with van der Waals surface area (Å²) in [5.74, 6) is -2.97. The highest BCUT2D eigenvalue weighted by Crippen LogP contribution is 2.22. The molecule has 12 nitrogen and oxygen atoms in total. The summed E-state index contributed by atoms with van der Waals surface area (Å²) in [4.78, 5) is 64.2. The first kappa shape index (κ1) is 26.5. The van der Waals surface area contributed by atoms with E-state index in [0.29, 0.717) is 64.6 Å². The van der Waals surface area contributed by atoms with Gasteiger partial charge >= 0.3 is 5.97 Å². The first-order valence-corrected chi connectivity index (χ1v) is 11.6. The monoisotopic (exact) mass is 468 g/mol. The maximum atomic E-state index is 13.1. The number of carboxylic acid groups (broad SMARTS) is 1. The van der Waals surface area contributed by atoms with Crippen LogP contribution in [0, 0.1) is 0 Å². The van der Waals surface area contributed by atoms with Gasteiger partial charge < -0.3 is 37.4 Å². The quantitative estimate of drug-likeness (QED) is 0.208. The van der Waals surface area contributed by atoms with Gasteiger partial charge in [-0.25, -0.2) is 4.79 Å². The predicted octanol–water partition coefficient (Wildman–Crippen LogP) is -1.74. The predicted molar refractivity (Wildman–Crippen MR) is 118 cm³/mol. The fourth-order valence-electron chi connectivity index (χ4n) is 4.44. The van der Waals surface area contributed by atoms with Gasteiger partial charge in [-0.1, -0.05) is 0 Å². The number of nitrogens with zero attached hydrogens (tertiary/aromatic N) is 2. The minimum atomic E-state index is -1.06. The molecule has 0 saturated carbocycles. The standard InChI is InChI=1S/C21H36N6O6/c22-10-2-1-5-14(20(31)27-12-4-7-16(27)21(32)33)25-18(29)15-6-3-11-26(15)19(30)13(23)8-9-17(24)28/h13-16H,1-12,22-23H2,(H2,24,28)(H,25,29)(H,32,33). The van der Waals surface area contributed by atoms with Crippen LogP contribution >= 0.6 is 0 Å². The molecule has 0 spiro atoms. The molecule has 4 amide bonds. The van der Waals surface area contributed by atoms with E-state index >= 15 is 0 Å². The van der Waals surface area contributed by atoms with Gasteiger partial charge in [0.15, 0.2) is 0 Å². The molecule has 2 rings (SSSR count). The van der Waals surface area contributed by atoms with Crippen LogP contribution in [0.5, 0.6) is 0 Å². The van der Waals surface area contributed by atoms with Gasteiger partial charge in [-0.05, 0) is 57.9 Å². The van der Waals surface area contributed by atoms with Gasteiger partial charge in [0.1, 0.15) is 18.1 Å². The number of carboxylic acids is 1. The summed E-state index contributed by atoms with van der Waals surface area (Å²) >= 11 is 0. The van der Waals surface area contributed by atoms with Crippen molar-refractivity contribution in [3.05, 3.63) is 0 Å². The Labute approximate surface area is 193 Å². The summed E-state index contributed by atoms with van der Waals surface area (Å²) in [5, 5.41) is 12.2. The van der Waals surface area contributed by atoms with Crippen LogP contribution in [0.4, 0.5) is 0 Å². The Bertz CT molecular complexity index is 747. The molecule has 186 valence electrons. The lowest BCUT2D eigenvalue weighted by atomic mass is 10.1. The SMILES string of the molecule is NCCCCC(NC(=O)C1CCCN1C(=O)C(N)CCC(N)=O)C(=O)N1CCCC1C(=O)O. The molecule has 2 fully saturated rings. The molecule has 0 radical (unpaired) electrons. The molecule has 33 heavy (non-hydrogen) atoms. The van der Waals surface area contributed by atoms with E-state index in [1.807, 2.05) is 0 Å². The van der Waals surface area contributed by atoms with Crippen LogP contribution in [0.2, 0.25) is 0 Å². The lowest BCUT2D eigenvalue weighted by Crippen LogP contribution is -2.56. The number of primary amides is 1. The van der Waals surface area contributed by atoms with E-state index in [9.17, 15) is 29.1 Å². The maximum absolute atomic E-state index is 13.1. The second-order valence-electron chi connectivity index (χ2n) is 8.67. The third kappa shape index (κ3) is 7.13. The molecular weight excluding hydrogens is 432 g/mol. The summed E-state index contributed by atoms with van der Waals surface area (Å²) in [5.41, 5.74) is 16.6. The maximum Gasteiger partial charge on any atom is 0.326 e. The van der Waals surface area contributed by atoms with Crippen molar-refractivity contribution in [2.45, 2.75) is 82.0 Å². The van der Waals surface area contributed by atoms with E-state index in [1.54, 1.807) is 0 Å². The van der Waals surface area contributed by atoms with Gasteiger partial charge in [-0.3, -0.25) is 19.2 Å². The van der Waals surface area contributed by atoms with E-state index in [1.165, 1.54) is 9.80 Å². The van der Waals surface area contributed by atoms with Gasteiger partial charge in [0.2, 0.25) is 23.6 Å². The fourth-order valence-corrected chi connectivity index (χ4v) is 4.44. The van der Waals surface area contributed by atoms with Crippen LogP contribution in [0.25, 0.3) is 0 Å². The Kier molecular flexibility index (Phi) is 10.0. The summed E-state index contributed by atoms with van der Waals surface area (Å²) in [6, 6.07) is -3.53. The highest BCUT2D eigenvalue weighted by Gasteiger charge is 2.40. The van der Waals surface area contributed by atoms with E-state index < -0.39 is 53.8 Å². The molecule has 2 heterocycles. The smallest absolute Gasteiger partial charge is 0.326 e. The fraction of sp³-hybridized carbons (Fsp3) is 0.762. The molecule has 2 saturated heterocycles. The van der Waals surface area contributed by atoms with Crippen molar-refractivity contribution in [1.82, 2.24) is 15.1 Å². The number of hydrogen-bond donors (Lipinski definition) is 5. The van der Waals surface area contributed by atoms with Crippen molar-refractivity contribution in [2.75, 3.05) is 19.6 Å². The summed E-state index contributed by atoms with van der Waals surface area (Å²) in [6.45, 7) is 1.10. The van der Waals surface area contributed by atoms with E-state index in [2.05, 4.69) is 5.32 Å². The topological polar surface area (TPSA) is 202 Å². The van der Waals surface area contributed by atoms with Gasteiger partial charge in [-0.15, -0.1) is 0 Å². The average molecular weight is 469 g/mol. The first-order valence-electron chi connectivity index (χ1n) is 11.6. The Balaban J connectivity index is 2.08. The van der Waals surface area contributed by atoms with Crippen molar-refractivity contribution in [3.63, 3.8) is 0 Å². The van der Waals surface area contributed by atoms with Crippen molar-refractivity contribution in [1.29, 1.82) is 0 Å². The number of aliphatic carboxylic acids is 1. The zero-order valence-corrected chi connectivity index (χ0v) is 18.9. The number of nitrogens with two attached hydrogens (primary N) is 3. The summed E-state index contributed by atoms with van der Waals surface area (Å²) in [7, 11) is 0. The lowest BCUT2D eigenvalue weighted by molar-refractivity contribution is -0.150. The van der Waals surface area contributed by atoms with Gasteiger partial charge in [0.25, 0.3) is 0 Å². The highest BCUT2D eigenvalue weighted by molar-refractivity contribution is 5.94. The normalized spacial score (nSPS) is 22.1. The molecule has 0 aromatic heterocycles. The molecule has 2 aliphatic rings. The minimum absolute atomic E-state index is 0.0318. The largest absolute Gasteiger partial charge is 0.480 e. The van der Waals surface area contributed by atoms with Crippen molar-refractivity contribution in [2.24, 2.45) is 17.2 Å². The number of rotatable bonds is 12. The van der Waals surface area contributed by atoms with Crippen LogP contribution < -0.4 is 22.5 Å². The Morgan fingerprint density at radius 2 is 1.55 bits per heavy atom. The van der Waals surface area contributed by atoms with E-state index in [4.69, 9.17) is 17.2 Å². The number of carbonyl (C=O) groups is 5. The van der Waals surface area contributed by atoms with Crippen LogP contribution in [-0.2, 0) is 24.0 Å². The van der Waals surface area contributed by atoms with Crippen LogP contribution in [-0.4, -0.2) is 88.3 Å². The molecule has 0 aromatic rings. The average Bonchev–Trinajstić information content (AvgIpc) is 3.45.